The van der Waals surface area contributed by atoms with Gasteiger partial charge in [-0.15, -0.1) is 0 Å². The molecular weight excluding hydrogens is 164 g/mol. The number of nitrogens with one attached hydrogen (secondary N) is 1. The molecular formula is C10H14N2O. The van der Waals surface area contributed by atoms with Gasteiger partial charge in [-0.25, -0.2) is 5.84 Å². The van der Waals surface area contributed by atoms with Crippen LogP contribution in [0.1, 0.15) is 24.0 Å². The van der Waals surface area contributed by atoms with Crippen LogP contribution >= 0.6 is 0 Å². The summed E-state index contributed by atoms with van der Waals surface area (Å²) in [6, 6.07) is 7.79. The second kappa shape index (κ2) is 4.05. The van der Waals surface area contributed by atoms with E-state index in [1.807, 2.05) is 38.1 Å². The van der Waals surface area contributed by atoms with Crippen molar-refractivity contribution in [3.63, 3.8) is 0 Å². The number of carbonyl (C=O) groups excluding carboxylic acids is 1. The van der Waals surface area contributed by atoms with E-state index in [2.05, 4.69) is 5.43 Å². The van der Waals surface area contributed by atoms with E-state index in [0.717, 1.165) is 11.1 Å². The number of hydrogen-bond acceptors (Lipinski definition) is 2. The normalized spacial score (nSPS) is 12.2. The molecule has 1 atom stereocenters. The van der Waals surface area contributed by atoms with Crippen LogP contribution < -0.4 is 11.3 Å². The molecule has 0 saturated heterocycles. The van der Waals surface area contributed by atoms with Gasteiger partial charge in [0.05, 0.1) is 5.92 Å². The van der Waals surface area contributed by atoms with E-state index in [-0.39, 0.29) is 11.8 Å². The molecule has 0 aliphatic rings. The van der Waals surface area contributed by atoms with E-state index in [0.29, 0.717) is 0 Å². The predicted octanol–water partition coefficient (Wildman–Crippen LogP) is 1.09. The lowest BCUT2D eigenvalue weighted by molar-refractivity contribution is -0.122. The number of aryl methyl sites for hydroxylation is 1. The molecule has 3 N–H and O–H groups in total. The second-order valence-corrected chi connectivity index (χ2v) is 3.09. The molecule has 1 aromatic rings. The number of rotatable bonds is 2. The van der Waals surface area contributed by atoms with Gasteiger partial charge >= 0.3 is 0 Å². The van der Waals surface area contributed by atoms with Gasteiger partial charge in [-0.1, -0.05) is 24.3 Å². The van der Waals surface area contributed by atoms with Crippen LogP contribution in [-0.4, -0.2) is 5.91 Å². The van der Waals surface area contributed by atoms with Gasteiger partial charge < -0.3 is 0 Å². The molecule has 70 valence electrons. The van der Waals surface area contributed by atoms with Crippen molar-refractivity contribution < 1.29 is 4.79 Å². The van der Waals surface area contributed by atoms with Crippen LogP contribution in [0.15, 0.2) is 24.3 Å². The molecule has 1 amide bonds. The first-order valence-electron chi connectivity index (χ1n) is 4.22. The van der Waals surface area contributed by atoms with Crippen molar-refractivity contribution in [3.8, 4) is 0 Å². The van der Waals surface area contributed by atoms with Gasteiger partial charge in [-0.3, -0.25) is 10.2 Å². The van der Waals surface area contributed by atoms with Crippen molar-refractivity contribution in [2.75, 3.05) is 0 Å². The van der Waals surface area contributed by atoms with Crippen LogP contribution in [0.2, 0.25) is 0 Å². The van der Waals surface area contributed by atoms with E-state index in [4.69, 9.17) is 5.84 Å². The summed E-state index contributed by atoms with van der Waals surface area (Å²) >= 11 is 0. The number of benzene rings is 1. The quantitative estimate of drug-likeness (QED) is 0.404. The molecule has 0 saturated carbocycles. The molecule has 3 heteroatoms. The maximum atomic E-state index is 11.2. The molecule has 1 rings (SSSR count). The van der Waals surface area contributed by atoms with Gasteiger partial charge in [-0.05, 0) is 25.0 Å². The Morgan fingerprint density at radius 1 is 1.46 bits per heavy atom. The zero-order valence-electron chi connectivity index (χ0n) is 7.87. The minimum atomic E-state index is -0.189. The third-order valence-electron chi connectivity index (χ3n) is 2.19. The van der Waals surface area contributed by atoms with Crippen LogP contribution in [0, 0.1) is 6.92 Å². The Labute approximate surface area is 77.9 Å². The Balaban J connectivity index is 2.95. The van der Waals surface area contributed by atoms with Crippen molar-refractivity contribution >= 4 is 5.91 Å². The number of nitrogens with two attached hydrogens (primary N) is 1. The zero-order chi connectivity index (χ0) is 9.84. The summed E-state index contributed by atoms with van der Waals surface area (Å²) < 4.78 is 0. The van der Waals surface area contributed by atoms with Crippen molar-refractivity contribution in [3.05, 3.63) is 35.4 Å². The first-order valence-corrected chi connectivity index (χ1v) is 4.22. The predicted molar refractivity (Wildman–Crippen MR) is 51.9 cm³/mol. The minimum absolute atomic E-state index is 0.158. The fourth-order valence-electron chi connectivity index (χ4n) is 1.34. The number of amides is 1. The topological polar surface area (TPSA) is 55.1 Å². The standard InChI is InChI=1S/C10H14N2O/c1-7-5-3-4-6-9(7)8(2)10(13)12-11/h3-6,8H,11H2,1-2H3,(H,12,13). The summed E-state index contributed by atoms with van der Waals surface area (Å²) in [6.45, 7) is 3.82. The number of carbonyl (C=O) groups is 1. The van der Waals surface area contributed by atoms with Crippen LogP contribution in [0.5, 0.6) is 0 Å². The maximum Gasteiger partial charge on any atom is 0.241 e. The summed E-state index contributed by atoms with van der Waals surface area (Å²) in [5.74, 6) is 4.71. The largest absolute Gasteiger partial charge is 0.294 e. The molecule has 0 radical (unpaired) electrons. The molecule has 0 aliphatic heterocycles. The molecule has 0 aromatic heterocycles. The Hall–Kier alpha value is -1.35. The van der Waals surface area contributed by atoms with Crippen molar-refractivity contribution in [1.82, 2.24) is 5.43 Å². The average molecular weight is 178 g/mol. The van der Waals surface area contributed by atoms with Gasteiger partial charge in [0.2, 0.25) is 5.91 Å². The van der Waals surface area contributed by atoms with E-state index < -0.39 is 0 Å². The van der Waals surface area contributed by atoms with Crippen molar-refractivity contribution in [2.24, 2.45) is 5.84 Å². The van der Waals surface area contributed by atoms with E-state index >= 15 is 0 Å². The van der Waals surface area contributed by atoms with E-state index in [1.54, 1.807) is 0 Å². The zero-order valence-corrected chi connectivity index (χ0v) is 7.87. The lowest BCUT2D eigenvalue weighted by atomic mass is 9.96. The van der Waals surface area contributed by atoms with Crippen LogP contribution in [0.25, 0.3) is 0 Å². The highest BCUT2D eigenvalue weighted by Gasteiger charge is 2.14. The third kappa shape index (κ3) is 2.06. The fraction of sp³-hybridized carbons (Fsp3) is 0.300. The molecule has 0 fully saturated rings. The summed E-state index contributed by atoms with van der Waals surface area (Å²) in [4.78, 5) is 11.2. The highest BCUT2D eigenvalue weighted by atomic mass is 16.2. The number of hydrazine groups is 1. The Morgan fingerprint density at radius 3 is 2.62 bits per heavy atom. The summed E-state index contributed by atoms with van der Waals surface area (Å²) in [7, 11) is 0. The molecule has 1 unspecified atom stereocenters. The van der Waals surface area contributed by atoms with Crippen molar-refractivity contribution in [1.29, 1.82) is 0 Å². The first-order chi connectivity index (χ1) is 6.16. The first kappa shape index (κ1) is 9.74. The van der Waals surface area contributed by atoms with E-state index in [1.165, 1.54) is 0 Å². The molecule has 0 bridgehead atoms. The summed E-state index contributed by atoms with van der Waals surface area (Å²) in [5, 5.41) is 0. The van der Waals surface area contributed by atoms with Gasteiger partial charge in [0, 0.05) is 0 Å². The van der Waals surface area contributed by atoms with Gasteiger partial charge in [0.1, 0.15) is 0 Å². The third-order valence-corrected chi connectivity index (χ3v) is 2.19. The van der Waals surface area contributed by atoms with Crippen LogP contribution in [0.3, 0.4) is 0 Å². The molecule has 0 heterocycles. The SMILES string of the molecule is Cc1ccccc1C(C)C(=O)NN. The summed E-state index contributed by atoms with van der Waals surface area (Å²) in [5.41, 5.74) is 4.28. The number of hydrogen-bond donors (Lipinski definition) is 2. The molecule has 13 heavy (non-hydrogen) atoms. The lowest BCUT2D eigenvalue weighted by Crippen LogP contribution is -2.33. The Bertz CT molecular complexity index is 310. The summed E-state index contributed by atoms with van der Waals surface area (Å²) in [6.07, 6.45) is 0. The van der Waals surface area contributed by atoms with Crippen molar-refractivity contribution in [2.45, 2.75) is 19.8 Å². The molecule has 1 aromatic carbocycles. The maximum absolute atomic E-state index is 11.2. The highest BCUT2D eigenvalue weighted by Crippen LogP contribution is 2.18. The van der Waals surface area contributed by atoms with Crippen LogP contribution in [0.4, 0.5) is 0 Å². The average Bonchev–Trinajstić information content (AvgIpc) is 2.16. The van der Waals surface area contributed by atoms with Gasteiger partial charge in [0.25, 0.3) is 0 Å². The molecule has 0 spiro atoms. The highest BCUT2D eigenvalue weighted by molar-refractivity contribution is 5.82. The Kier molecular flexibility index (Phi) is 3.03. The minimum Gasteiger partial charge on any atom is -0.294 e. The lowest BCUT2D eigenvalue weighted by Gasteiger charge is -2.12. The monoisotopic (exact) mass is 178 g/mol. The smallest absolute Gasteiger partial charge is 0.241 e. The molecule has 0 aliphatic carbocycles. The van der Waals surface area contributed by atoms with Gasteiger partial charge in [0.15, 0.2) is 0 Å². The fourth-order valence-corrected chi connectivity index (χ4v) is 1.34. The van der Waals surface area contributed by atoms with E-state index in [9.17, 15) is 4.79 Å². The Morgan fingerprint density at radius 2 is 2.08 bits per heavy atom. The van der Waals surface area contributed by atoms with Crippen LogP contribution in [-0.2, 0) is 4.79 Å². The molecule has 3 nitrogen and oxygen atoms in total. The second-order valence-electron chi connectivity index (χ2n) is 3.09. The van der Waals surface area contributed by atoms with Gasteiger partial charge in [-0.2, -0.15) is 0 Å².